The molecule has 3 N–H and O–H groups in total. The summed E-state index contributed by atoms with van der Waals surface area (Å²) in [7, 11) is -4.29. The Bertz CT molecular complexity index is 670. The van der Waals surface area contributed by atoms with Gasteiger partial charge in [0.2, 0.25) is 5.91 Å². The summed E-state index contributed by atoms with van der Waals surface area (Å²) in [5.41, 5.74) is 0. The van der Waals surface area contributed by atoms with Gasteiger partial charge in [-0.05, 0) is 12.8 Å². The second kappa shape index (κ2) is 29.4. The average molecular weight is 604 g/mol. The standard InChI is InChI=1S/C34H69NO5S/c1-3-5-7-9-11-13-15-16-17-18-20-21-23-25-27-29-33(36)32(31-41(38,39)40)35-34(37)30-28-26-24-22-19-14-12-10-8-6-4-2/h32-33,36H,3-31H2,1-2H3,(H,35,37)(H,38,39,40). The molecule has 41 heavy (non-hydrogen) atoms. The Labute approximate surface area is 255 Å². The monoisotopic (exact) mass is 603 g/mol. The molecule has 2 atom stereocenters. The number of nitrogens with one attached hydrogen (secondary N) is 1. The van der Waals surface area contributed by atoms with Crippen LogP contribution in [0.25, 0.3) is 0 Å². The largest absolute Gasteiger partial charge is 0.391 e. The zero-order chi connectivity index (χ0) is 30.4. The number of hydrogen-bond acceptors (Lipinski definition) is 4. The summed E-state index contributed by atoms with van der Waals surface area (Å²) in [4.78, 5) is 12.4. The van der Waals surface area contributed by atoms with Crippen molar-refractivity contribution in [2.24, 2.45) is 0 Å². The van der Waals surface area contributed by atoms with Crippen LogP contribution in [-0.2, 0) is 14.9 Å². The molecule has 0 rings (SSSR count). The van der Waals surface area contributed by atoms with Crippen molar-refractivity contribution in [2.45, 2.75) is 206 Å². The Morgan fingerprint density at radius 3 is 1.22 bits per heavy atom. The highest BCUT2D eigenvalue weighted by Gasteiger charge is 2.26. The van der Waals surface area contributed by atoms with Gasteiger partial charge in [0.15, 0.2) is 0 Å². The lowest BCUT2D eigenvalue weighted by atomic mass is 10.0. The molecule has 0 aromatic rings. The minimum absolute atomic E-state index is 0.245. The van der Waals surface area contributed by atoms with Crippen molar-refractivity contribution in [1.29, 1.82) is 0 Å². The summed E-state index contributed by atoms with van der Waals surface area (Å²) in [6.07, 6.45) is 31.9. The van der Waals surface area contributed by atoms with E-state index in [1.807, 2.05) is 0 Å². The summed E-state index contributed by atoms with van der Waals surface area (Å²) in [6, 6.07) is -0.961. The fraction of sp³-hybridized carbons (Fsp3) is 0.971. The second-order valence-electron chi connectivity index (χ2n) is 12.5. The molecule has 0 aliphatic carbocycles. The lowest BCUT2D eigenvalue weighted by Gasteiger charge is -2.23. The first-order valence-electron chi connectivity index (χ1n) is 17.7. The third kappa shape index (κ3) is 30.6. The van der Waals surface area contributed by atoms with Crippen LogP contribution in [-0.4, -0.2) is 41.9 Å². The van der Waals surface area contributed by atoms with Crippen LogP contribution in [0.1, 0.15) is 194 Å². The van der Waals surface area contributed by atoms with E-state index in [2.05, 4.69) is 19.2 Å². The zero-order valence-electron chi connectivity index (χ0n) is 27.2. The Morgan fingerprint density at radius 1 is 0.561 bits per heavy atom. The number of carbonyl (C=O) groups is 1. The van der Waals surface area contributed by atoms with Gasteiger partial charge < -0.3 is 10.4 Å². The molecule has 0 aliphatic rings. The first-order valence-corrected chi connectivity index (χ1v) is 19.3. The third-order valence-corrected chi connectivity index (χ3v) is 9.09. The number of hydrogen-bond donors (Lipinski definition) is 3. The molecule has 1 amide bonds. The fourth-order valence-electron chi connectivity index (χ4n) is 5.63. The van der Waals surface area contributed by atoms with E-state index in [1.165, 1.54) is 128 Å². The highest BCUT2D eigenvalue weighted by atomic mass is 32.2. The molecule has 246 valence electrons. The van der Waals surface area contributed by atoms with Crippen molar-refractivity contribution in [2.75, 3.05) is 5.75 Å². The summed E-state index contributed by atoms with van der Waals surface area (Å²) in [5, 5.41) is 13.3. The highest BCUT2D eigenvalue weighted by molar-refractivity contribution is 7.85. The molecule has 0 saturated carbocycles. The Morgan fingerprint density at radius 2 is 0.878 bits per heavy atom. The Hall–Kier alpha value is -0.660. The van der Waals surface area contributed by atoms with Gasteiger partial charge in [-0.2, -0.15) is 8.42 Å². The normalized spacial score (nSPS) is 13.4. The molecule has 0 fully saturated rings. The molecule has 7 heteroatoms. The molecule has 0 saturated heterocycles. The summed E-state index contributed by atoms with van der Waals surface area (Å²) >= 11 is 0. The van der Waals surface area contributed by atoms with Crippen LogP contribution < -0.4 is 5.32 Å². The van der Waals surface area contributed by atoms with E-state index in [-0.39, 0.29) is 5.91 Å². The summed E-state index contributed by atoms with van der Waals surface area (Å²) < 4.78 is 32.3. The van der Waals surface area contributed by atoms with Gasteiger partial charge in [-0.3, -0.25) is 9.35 Å². The van der Waals surface area contributed by atoms with Crippen LogP contribution >= 0.6 is 0 Å². The van der Waals surface area contributed by atoms with Crippen LogP contribution in [0.5, 0.6) is 0 Å². The van der Waals surface area contributed by atoms with E-state index >= 15 is 0 Å². The number of unbranched alkanes of at least 4 members (excludes halogenated alkanes) is 24. The van der Waals surface area contributed by atoms with Crippen molar-refractivity contribution in [1.82, 2.24) is 5.32 Å². The maximum atomic E-state index is 12.4. The summed E-state index contributed by atoms with van der Waals surface area (Å²) in [6.45, 7) is 4.49. The van der Waals surface area contributed by atoms with Gasteiger partial charge in [-0.15, -0.1) is 0 Å². The number of rotatable bonds is 32. The Kier molecular flexibility index (Phi) is 28.9. The van der Waals surface area contributed by atoms with E-state index in [9.17, 15) is 22.9 Å². The molecule has 0 aromatic carbocycles. The molecule has 6 nitrogen and oxygen atoms in total. The van der Waals surface area contributed by atoms with Crippen LogP contribution in [0, 0.1) is 0 Å². The van der Waals surface area contributed by atoms with Crippen LogP contribution in [0.3, 0.4) is 0 Å². The smallest absolute Gasteiger partial charge is 0.266 e. The van der Waals surface area contributed by atoms with Gasteiger partial charge in [-0.25, -0.2) is 0 Å². The van der Waals surface area contributed by atoms with Gasteiger partial charge in [0.1, 0.15) is 0 Å². The second-order valence-corrected chi connectivity index (χ2v) is 14.0. The molecular weight excluding hydrogens is 534 g/mol. The number of aliphatic hydroxyl groups is 1. The van der Waals surface area contributed by atoms with Crippen LogP contribution in [0.2, 0.25) is 0 Å². The maximum absolute atomic E-state index is 12.4. The molecule has 2 unspecified atom stereocenters. The number of amides is 1. The van der Waals surface area contributed by atoms with E-state index in [0.717, 1.165) is 38.5 Å². The molecular formula is C34H69NO5S. The van der Waals surface area contributed by atoms with Gasteiger partial charge in [-0.1, -0.05) is 174 Å². The van der Waals surface area contributed by atoms with Gasteiger partial charge in [0.25, 0.3) is 10.1 Å². The van der Waals surface area contributed by atoms with Crippen LogP contribution in [0.4, 0.5) is 0 Å². The first-order chi connectivity index (χ1) is 19.8. The molecule has 0 heterocycles. The SMILES string of the molecule is CCCCCCCCCCCCCCCCCC(O)C(CS(=O)(=O)O)NC(=O)CCCCCCCCCCCCC. The highest BCUT2D eigenvalue weighted by Crippen LogP contribution is 2.16. The van der Waals surface area contributed by atoms with Crippen molar-refractivity contribution in [3.05, 3.63) is 0 Å². The third-order valence-electron chi connectivity index (χ3n) is 8.31. The van der Waals surface area contributed by atoms with E-state index in [4.69, 9.17) is 0 Å². The fourth-order valence-corrected chi connectivity index (χ4v) is 6.39. The van der Waals surface area contributed by atoms with E-state index in [0.29, 0.717) is 12.8 Å². The maximum Gasteiger partial charge on any atom is 0.266 e. The zero-order valence-corrected chi connectivity index (χ0v) is 28.0. The summed E-state index contributed by atoms with van der Waals surface area (Å²) in [5.74, 6) is -0.887. The topological polar surface area (TPSA) is 104 Å². The molecule has 0 aromatic heterocycles. The van der Waals surface area contributed by atoms with Crippen molar-refractivity contribution >= 4 is 16.0 Å². The lowest BCUT2D eigenvalue weighted by molar-refractivity contribution is -0.122. The van der Waals surface area contributed by atoms with Gasteiger partial charge in [0, 0.05) is 6.42 Å². The predicted molar refractivity (Wildman–Crippen MR) is 175 cm³/mol. The van der Waals surface area contributed by atoms with E-state index in [1.54, 1.807) is 0 Å². The number of aliphatic hydroxyl groups excluding tert-OH is 1. The quantitative estimate of drug-likeness (QED) is 0.0524. The van der Waals surface area contributed by atoms with Crippen molar-refractivity contribution in [3.8, 4) is 0 Å². The molecule has 0 spiro atoms. The van der Waals surface area contributed by atoms with Crippen molar-refractivity contribution in [3.63, 3.8) is 0 Å². The van der Waals surface area contributed by atoms with Crippen molar-refractivity contribution < 1.29 is 22.9 Å². The van der Waals surface area contributed by atoms with Crippen LogP contribution in [0.15, 0.2) is 0 Å². The lowest BCUT2D eigenvalue weighted by Crippen LogP contribution is -2.47. The molecule has 0 bridgehead atoms. The Balaban J connectivity index is 3.90. The van der Waals surface area contributed by atoms with E-state index < -0.39 is 28.0 Å². The molecule has 0 radical (unpaired) electrons. The predicted octanol–water partition coefficient (Wildman–Crippen LogP) is 9.68. The average Bonchev–Trinajstić information content (AvgIpc) is 2.92. The van der Waals surface area contributed by atoms with Gasteiger partial charge >= 0.3 is 0 Å². The first kappa shape index (κ1) is 40.3. The minimum Gasteiger partial charge on any atom is -0.391 e. The minimum atomic E-state index is -4.29. The molecule has 0 aliphatic heterocycles. The van der Waals surface area contributed by atoms with Gasteiger partial charge in [0.05, 0.1) is 17.9 Å². The number of carbonyl (C=O) groups excluding carboxylic acids is 1.